The Hall–Kier alpha value is -1.81. The molecule has 0 aliphatic rings. The fourth-order valence-electron chi connectivity index (χ4n) is 1.90. The molecule has 1 aromatic heterocycles. The second-order valence-electron chi connectivity index (χ2n) is 4.58. The monoisotopic (exact) mass is 289 g/mol. The number of carbonyl (C=O) groups is 1. The lowest BCUT2D eigenvalue weighted by Crippen LogP contribution is -2.27. The summed E-state index contributed by atoms with van der Waals surface area (Å²) >= 11 is 1.67. The SMILES string of the molecule is CCOc1ccc(CC(=O)N(C)Cc2cccs2)cc1. The minimum Gasteiger partial charge on any atom is -0.494 e. The van der Waals surface area contributed by atoms with E-state index in [-0.39, 0.29) is 5.91 Å². The van der Waals surface area contributed by atoms with Crippen LogP contribution in [0, 0.1) is 0 Å². The second-order valence-corrected chi connectivity index (χ2v) is 5.62. The zero-order valence-electron chi connectivity index (χ0n) is 11.8. The lowest BCUT2D eigenvalue weighted by Gasteiger charge is -2.16. The molecule has 1 amide bonds. The molecule has 0 bridgehead atoms. The number of rotatable bonds is 6. The van der Waals surface area contributed by atoms with Crippen LogP contribution in [0.4, 0.5) is 0 Å². The average molecular weight is 289 g/mol. The van der Waals surface area contributed by atoms with Crippen LogP contribution in [0.25, 0.3) is 0 Å². The predicted molar refractivity (Wildman–Crippen MR) is 82.1 cm³/mol. The molecule has 2 aromatic rings. The number of benzene rings is 1. The van der Waals surface area contributed by atoms with E-state index in [2.05, 4.69) is 0 Å². The van der Waals surface area contributed by atoms with Gasteiger partial charge in [-0.3, -0.25) is 4.79 Å². The Morgan fingerprint density at radius 3 is 2.60 bits per heavy atom. The summed E-state index contributed by atoms with van der Waals surface area (Å²) in [7, 11) is 1.84. The molecule has 4 heteroatoms. The first-order valence-corrected chi connectivity index (χ1v) is 7.55. The molecule has 0 radical (unpaired) electrons. The van der Waals surface area contributed by atoms with Crippen molar-refractivity contribution in [2.24, 2.45) is 0 Å². The molecule has 0 spiro atoms. The van der Waals surface area contributed by atoms with Gasteiger partial charge in [-0.15, -0.1) is 11.3 Å². The molecule has 0 atom stereocenters. The maximum absolute atomic E-state index is 12.1. The number of nitrogens with zero attached hydrogens (tertiary/aromatic N) is 1. The van der Waals surface area contributed by atoms with Crippen molar-refractivity contribution in [3.63, 3.8) is 0 Å². The van der Waals surface area contributed by atoms with Gasteiger partial charge in [0.1, 0.15) is 5.75 Å². The summed E-state index contributed by atoms with van der Waals surface area (Å²) in [6.07, 6.45) is 0.425. The van der Waals surface area contributed by atoms with E-state index in [4.69, 9.17) is 4.74 Å². The first-order chi connectivity index (χ1) is 9.69. The van der Waals surface area contributed by atoms with Crippen molar-refractivity contribution in [2.45, 2.75) is 19.9 Å². The standard InChI is InChI=1S/C16H19NO2S/c1-3-19-14-8-6-13(7-9-14)11-16(18)17(2)12-15-5-4-10-20-15/h4-10H,3,11-12H2,1-2H3. The Balaban J connectivity index is 1.90. The second kappa shape index (κ2) is 7.10. The first kappa shape index (κ1) is 14.6. The lowest BCUT2D eigenvalue weighted by atomic mass is 10.1. The third-order valence-electron chi connectivity index (χ3n) is 2.99. The summed E-state index contributed by atoms with van der Waals surface area (Å²) in [5.74, 6) is 0.971. The van der Waals surface area contributed by atoms with E-state index in [0.717, 1.165) is 11.3 Å². The molecule has 106 valence electrons. The van der Waals surface area contributed by atoms with Crippen molar-refractivity contribution in [3.8, 4) is 5.75 Å². The molecule has 0 aliphatic carbocycles. The number of carbonyl (C=O) groups excluding carboxylic acids is 1. The van der Waals surface area contributed by atoms with Crippen LogP contribution in [0.3, 0.4) is 0 Å². The molecule has 0 fully saturated rings. The average Bonchev–Trinajstić information content (AvgIpc) is 2.94. The molecule has 0 unspecified atom stereocenters. The van der Waals surface area contributed by atoms with Gasteiger partial charge in [0.2, 0.25) is 5.91 Å². The van der Waals surface area contributed by atoms with E-state index in [9.17, 15) is 4.79 Å². The molecule has 1 heterocycles. The van der Waals surface area contributed by atoms with Crippen molar-refractivity contribution in [2.75, 3.05) is 13.7 Å². The van der Waals surface area contributed by atoms with Crippen LogP contribution in [0.2, 0.25) is 0 Å². The van der Waals surface area contributed by atoms with Crippen molar-refractivity contribution >= 4 is 17.2 Å². The van der Waals surface area contributed by atoms with E-state index in [1.807, 2.05) is 55.7 Å². The van der Waals surface area contributed by atoms with Crippen LogP contribution >= 0.6 is 11.3 Å². The normalized spacial score (nSPS) is 10.3. The Bertz CT molecular complexity index is 534. The Kier molecular flexibility index (Phi) is 5.18. The lowest BCUT2D eigenvalue weighted by molar-refractivity contribution is -0.129. The largest absolute Gasteiger partial charge is 0.494 e. The van der Waals surface area contributed by atoms with Gasteiger partial charge in [0.25, 0.3) is 0 Å². The molecule has 0 aliphatic heterocycles. The summed E-state index contributed by atoms with van der Waals surface area (Å²) in [6, 6.07) is 11.8. The van der Waals surface area contributed by atoms with E-state index >= 15 is 0 Å². The summed E-state index contributed by atoms with van der Waals surface area (Å²) in [5.41, 5.74) is 1.01. The Morgan fingerprint density at radius 1 is 1.25 bits per heavy atom. The minimum atomic E-state index is 0.127. The number of hydrogen-bond acceptors (Lipinski definition) is 3. The minimum absolute atomic E-state index is 0.127. The van der Waals surface area contributed by atoms with E-state index in [1.54, 1.807) is 16.2 Å². The summed E-state index contributed by atoms with van der Waals surface area (Å²) < 4.78 is 5.39. The molecule has 0 saturated heterocycles. The van der Waals surface area contributed by atoms with Gasteiger partial charge in [0, 0.05) is 11.9 Å². The van der Waals surface area contributed by atoms with Gasteiger partial charge in [-0.25, -0.2) is 0 Å². The smallest absolute Gasteiger partial charge is 0.227 e. The highest BCUT2D eigenvalue weighted by molar-refractivity contribution is 7.09. The third-order valence-corrected chi connectivity index (χ3v) is 3.85. The van der Waals surface area contributed by atoms with Crippen LogP contribution in [-0.4, -0.2) is 24.5 Å². The molecular formula is C16H19NO2S. The van der Waals surface area contributed by atoms with Crippen molar-refractivity contribution < 1.29 is 9.53 Å². The fourth-order valence-corrected chi connectivity index (χ4v) is 2.66. The number of amides is 1. The van der Waals surface area contributed by atoms with Crippen LogP contribution in [0.5, 0.6) is 5.75 Å². The van der Waals surface area contributed by atoms with E-state index in [1.165, 1.54) is 4.88 Å². The van der Waals surface area contributed by atoms with Gasteiger partial charge in [0.05, 0.1) is 19.6 Å². The van der Waals surface area contributed by atoms with Gasteiger partial charge >= 0.3 is 0 Å². The number of thiophene rings is 1. The van der Waals surface area contributed by atoms with Crippen molar-refractivity contribution in [1.82, 2.24) is 4.90 Å². The number of ether oxygens (including phenoxy) is 1. The highest BCUT2D eigenvalue weighted by Gasteiger charge is 2.10. The Labute approximate surface area is 123 Å². The zero-order valence-corrected chi connectivity index (χ0v) is 12.7. The molecule has 0 saturated carbocycles. The van der Waals surface area contributed by atoms with Crippen LogP contribution < -0.4 is 4.74 Å². The maximum atomic E-state index is 12.1. The van der Waals surface area contributed by atoms with Gasteiger partial charge in [-0.2, -0.15) is 0 Å². The van der Waals surface area contributed by atoms with E-state index < -0.39 is 0 Å². The van der Waals surface area contributed by atoms with Crippen molar-refractivity contribution in [3.05, 3.63) is 52.2 Å². The summed E-state index contributed by atoms with van der Waals surface area (Å²) in [4.78, 5) is 15.1. The third kappa shape index (κ3) is 4.10. The van der Waals surface area contributed by atoms with E-state index in [0.29, 0.717) is 19.6 Å². The molecule has 0 N–H and O–H groups in total. The molecule has 1 aromatic carbocycles. The highest BCUT2D eigenvalue weighted by atomic mass is 32.1. The van der Waals surface area contributed by atoms with Gasteiger partial charge in [0.15, 0.2) is 0 Å². The van der Waals surface area contributed by atoms with Crippen LogP contribution in [0.1, 0.15) is 17.4 Å². The Morgan fingerprint density at radius 2 is 2.00 bits per heavy atom. The quantitative estimate of drug-likeness (QED) is 0.816. The molecule has 3 nitrogen and oxygen atoms in total. The predicted octanol–water partition coefficient (Wildman–Crippen LogP) is 3.35. The molecule has 20 heavy (non-hydrogen) atoms. The van der Waals surface area contributed by atoms with Gasteiger partial charge < -0.3 is 9.64 Å². The molecular weight excluding hydrogens is 270 g/mol. The maximum Gasteiger partial charge on any atom is 0.227 e. The number of hydrogen-bond donors (Lipinski definition) is 0. The van der Waals surface area contributed by atoms with Crippen LogP contribution in [-0.2, 0) is 17.8 Å². The number of likely N-dealkylation sites (N-methyl/N-ethyl adjacent to an activating group) is 1. The van der Waals surface area contributed by atoms with Gasteiger partial charge in [-0.1, -0.05) is 18.2 Å². The highest BCUT2D eigenvalue weighted by Crippen LogP contribution is 2.14. The summed E-state index contributed by atoms with van der Waals surface area (Å²) in [5, 5.41) is 2.03. The zero-order chi connectivity index (χ0) is 14.4. The molecule has 2 rings (SSSR count). The first-order valence-electron chi connectivity index (χ1n) is 6.67. The van der Waals surface area contributed by atoms with Gasteiger partial charge in [-0.05, 0) is 36.1 Å². The van der Waals surface area contributed by atoms with Crippen molar-refractivity contribution in [1.29, 1.82) is 0 Å². The fraction of sp³-hybridized carbons (Fsp3) is 0.312. The topological polar surface area (TPSA) is 29.5 Å². The summed E-state index contributed by atoms with van der Waals surface area (Å²) in [6.45, 7) is 3.28. The van der Waals surface area contributed by atoms with Crippen LogP contribution in [0.15, 0.2) is 41.8 Å².